The van der Waals surface area contributed by atoms with E-state index in [1.54, 1.807) is 0 Å². The Bertz CT molecular complexity index is 623. The van der Waals surface area contributed by atoms with Crippen LogP contribution < -0.4 is 5.32 Å². The fourth-order valence-corrected chi connectivity index (χ4v) is 2.82. The molecule has 1 heterocycles. The summed E-state index contributed by atoms with van der Waals surface area (Å²) in [7, 11) is 0. The van der Waals surface area contributed by atoms with E-state index in [-0.39, 0.29) is 18.4 Å². The number of nitrogens with zero attached hydrogens (tertiary/aromatic N) is 1. The maximum absolute atomic E-state index is 13.1. The molecular weight excluding hydrogens is 276 g/mol. The second-order valence-electron chi connectivity index (χ2n) is 5.52. The summed E-state index contributed by atoms with van der Waals surface area (Å²) in [5, 5.41) is 2.84. The first kappa shape index (κ1) is 14.0. The van der Waals surface area contributed by atoms with Crippen LogP contribution in [-0.2, 0) is 11.3 Å². The largest absolute Gasteiger partial charge is 0.349 e. The Balaban J connectivity index is 1.66. The van der Waals surface area contributed by atoms with Gasteiger partial charge in [-0.05, 0) is 12.8 Å². The van der Waals surface area contributed by atoms with Gasteiger partial charge in [0.1, 0.15) is 5.82 Å². The van der Waals surface area contributed by atoms with Crippen molar-refractivity contribution in [1.82, 2.24) is 15.3 Å². The van der Waals surface area contributed by atoms with E-state index in [1.165, 1.54) is 6.42 Å². The molecule has 0 radical (unpaired) electrons. The van der Waals surface area contributed by atoms with Gasteiger partial charge >= 0.3 is 0 Å². The van der Waals surface area contributed by atoms with Gasteiger partial charge in [0.15, 0.2) is 11.6 Å². The minimum Gasteiger partial charge on any atom is -0.349 e. The topological polar surface area (TPSA) is 57.8 Å². The van der Waals surface area contributed by atoms with Crippen LogP contribution in [0.25, 0.3) is 11.0 Å². The molecule has 1 saturated carbocycles. The normalized spacial score (nSPS) is 16.3. The summed E-state index contributed by atoms with van der Waals surface area (Å²) in [5.74, 6) is -1.22. The number of fused-ring (bicyclic) bond motifs is 1. The van der Waals surface area contributed by atoms with Crippen LogP contribution in [-0.4, -0.2) is 15.9 Å². The van der Waals surface area contributed by atoms with E-state index in [1.807, 2.05) is 0 Å². The Morgan fingerprint density at radius 3 is 2.71 bits per heavy atom. The minimum absolute atomic E-state index is 0.0347. The molecule has 112 valence electrons. The second-order valence-corrected chi connectivity index (χ2v) is 5.52. The zero-order chi connectivity index (χ0) is 14.8. The van der Waals surface area contributed by atoms with Crippen LogP contribution in [0.3, 0.4) is 0 Å². The molecule has 0 bridgehead atoms. The Kier molecular flexibility index (Phi) is 3.86. The molecule has 6 heteroatoms. The standard InChI is InChI=1S/C15H17F2N3O/c16-10-6-12-13(7-11(10)17)20-14(19-12)8-18-15(21)9-4-2-1-3-5-9/h6-7,9H,1-5,8H2,(H,18,21)(H,19,20). The van der Waals surface area contributed by atoms with Gasteiger partial charge in [-0.25, -0.2) is 13.8 Å². The van der Waals surface area contributed by atoms with Gasteiger partial charge in [-0.1, -0.05) is 19.3 Å². The van der Waals surface area contributed by atoms with Crippen molar-refractivity contribution in [2.75, 3.05) is 0 Å². The first-order chi connectivity index (χ1) is 10.1. The van der Waals surface area contributed by atoms with Crippen LogP contribution >= 0.6 is 0 Å². The number of H-pyrrole nitrogens is 1. The maximum atomic E-state index is 13.1. The minimum atomic E-state index is -0.924. The van der Waals surface area contributed by atoms with Gasteiger partial charge in [0.05, 0.1) is 17.6 Å². The number of carbonyl (C=O) groups excluding carboxylic acids is 1. The highest BCUT2D eigenvalue weighted by molar-refractivity contribution is 5.79. The Labute approximate surface area is 120 Å². The number of nitrogens with one attached hydrogen (secondary N) is 2. The van der Waals surface area contributed by atoms with Crippen LogP contribution in [0.2, 0.25) is 0 Å². The number of aromatic nitrogens is 2. The number of imidazole rings is 1. The van der Waals surface area contributed by atoms with Gasteiger partial charge in [-0.2, -0.15) is 0 Å². The predicted molar refractivity (Wildman–Crippen MR) is 74.4 cm³/mol. The first-order valence-corrected chi connectivity index (χ1v) is 7.25. The van der Waals surface area contributed by atoms with E-state index in [0.29, 0.717) is 16.9 Å². The van der Waals surface area contributed by atoms with Crippen molar-refractivity contribution in [3.8, 4) is 0 Å². The van der Waals surface area contributed by atoms with E-state index in [9.17, 15) is 13.6 Å². The molecule has 0 spiro atoms. The molecule has 1 fully saturated rings. The number of aromatic amines is 1. The van der Waals surface area contributed by atoms with Crippen molar-refractivity contribution in [2.45, 2.75) is 38.6 Å². The van der Waals surface area contributed by atoms with Gasteiger partial charge in [0.25, 0.3) is 0 Å². The molecule has 4 nitrogen and oxygen atoms in total. The fourth-order valence-electron chi connectivity index (χ4n) is 2.82. The summed E-state index contributed by atoms with van der Waals surface area (Å²) < 4.78 is 26.2. The van der Waals surface area contributed by atoms with Crippen LogP contribution in [0, 0.1) is 17.6 Å². The summed E-state index contributed by atoms with van der Waals surface area (Å²) in [6.45, 7) is 0.243. The zero-order valence-electron chi connectivity index (χ0n) is 11.6. The average Bonchev–Trinajstić information content (AvgIpc) is 2.88. The third-order valence-electron chi connectivity index (χ3n) is 3.98. The number of hydrogen-bond donors (Lipinski definition) is 2. The van der Waals surface area contributed by atoms with E-state index < -0.39 is 11.6 Å². The van der Waals surface area contributed by atoms with E-state index in [0.717, 1.165) is 37.8 Å². The molecule has 1 aliphatic rings. The number of hydrogen-bond acceptors (Lipinski definition) is 2. The molecule has 1 amide bonds. The molecule has 0 atom stereocenters. The lowest BCUT2D eigenvalue weighted by atomic mass is 9.89. The van der Waals surface area contributed by atoms with Crippen molar-refractivity contribution in [2.24, 2.45) is 5.92 Å². The number of benzene rings is 1. The summed E-state index contributed by atoms with van der Waals surface area (Å²) in [4.78, 5) is 19.1. The zero-order valence-corrected chi connectivity index (χ0v) is 11.6. The molecule has 2 N–H and O–H groups in total. The highest BCUT2D eigenvalue weighted by Crippen LogP contribution is 2.23. The lowest BCUT2D eigenvalue weighted by Gasteiger charge is -2.20. The molecule has 0 unspecified atom stereocenters. The number of amides is 1. The lowest BCUT2D eigenvalue weighted by molar-refractivity contribution is -0.126. The summed E-state index contributed by atoms with van der Waals surface area (Å²) in [6.07, 6.45) is 5.26. The Hall–Kier alpha value is -1.98. The van der Waals surface area contributed by atoms with Crippen molar-refractivity contribution in [1.29, 1.82) is 0 Å². The number of halogens is 2. The Morgan fingerprint density at radius 2 is 1.95 bits per heavy atom. The van der Waals surface area contributed by atoms with Crippen LogP contribution in [0.4, 0.5) is 8.78 Å². The SMILES string of the molecule is O=C(NCc1nc2cc(F)c(F)cc2[nH]1)C1CCCCC1. The van der Waals surface area contributed by atoms with Crippen molar-refractivity contribution < 1.29 is 13.6 Å². The lowest BCUT2D eigenvalue weighted by Crippen LogP contribution is -2.31. The summed E-state index contributed by atoms with van der Waals surface area (Å²) in [5.41, 5.74) is 0.784. The maximum Gasteiger partial charge on any atom is 0.223 e. The van der Waals surface area contributed by atoms with Gasteiger partial charge in [-0.3, -0.25) is 4.79 Å². The molecule has 0 aliphatic heterocycles. The van der Waals surface area contributed by atoms with E-state index in [2.05, 4.69) is 15.3 Å². The van der Waals surface area contributed by atoms with Crippen LogP contribution in [0.1, 0.15) is 37.9 Å². The van der Waals surface area contributed by atoms with E-state index in [4.69, 9.17) is 0 Å². The second kappa shape index (κ2) is 5.79. The van der Waals surface area contributed by atoms with Crippen LogP contribution in [0.15, 0.2) is 12.1 Å². The fraction of sp³-hybridized carbons (Fsp3) is 0.467. The Morgan fingerprint density at radius 1 is 1.24 bits per heavy atom. The molecule has 21 heavy (non-hydrogen) atoms. The third-order valence-corrected chi connectivity index (χ3v) is 3.98. The average molecular weight is 293 g/mol. The molecule has 1 aliphatic carbocycles. The molecule has 0 saturated heterocycles. The monoisotopic (exact) mass is 293 g/mol. The molecular formula is C15H17F2N3O. The molecule has 2 aromatic rings. The highest BCUT2D eigenvalue weighted by atomic mass is 19.2. The van der Waals surface area contributed by atoms with E-state index >= 15 is 0 Å². The van der Waals surface area contributed by atoms with Crippen molar-refractivity contribution in [3.63, 3.8) is 0 Å². The molecule has 3 rings (SSSR count). The third kappa shape index (κ3) is 3.04. The highest BCUT2D eigenvalue weighted by Gasteiger charge is 2.21. The quantitative estimate of drug-likeness (QED) is 0.914. The summed E-state index contributed by atoms with van der Waals surface area (Å²) in [6, 6.07) is 2.12. The summed E-state index contributed by atoms with van der Waals surface area (Å²) >= 11 is 0. The predicted octanol–water partition coefficient (Wildman–Crippen LogP) is 3.04. The van der Waals surface area contributed by atoms with Gasteiger partial charge < -0.3 is 10.3 Å². The first-order valence-electron chi connectivity index (χ1n) is 7.25. The van der Waals surface area contributed by atoms with Crippen molar-refractivity contribution in [3.05, 3.63) is 29.6 Å². The molecule has 1 aromatic carbocycles. The van der Waals surface area contributed by atoms with Gasteiger partial charge in [0.2, 0.25) is 5.91 Å². The smallest absolute Gasteiger partial charge is 0.223 e. The number of carbonyl (C=O) groups is 1. The van der Waals surface area contributed by atoms with Gasteiger partial charge in [-0.15, -0.1) is 0 Å². The van der Waals surface area contributed by atoms with Crippen molar-refractivity contribution >= 4 is 16.9 Å². The number of rotatable bonds is 3. The van der Waals surface area contributed by atoms with Gasteiger partial charge in [0, 0.05) is 18.1 Å². The molecule has 1 aromatic heterocycles. The van der Waals surface area contributed by atoms with Crippen LogP contribution in [0.5, 0.6) is 0 Å².